The van der Waals surface area contributed by atoms with Gasteiger partial charge in [0.2, 0.25) is 5.91 Å². The number of likely N-dealkylation sites (N-methyl/N-ethyl adjacent to an activating group) is 1. The number of rotatable bonds is 28. The number of nitrogens with zero attached hydrogens (tertiary/aromatic N) is 2. The molecule has 16 heteroatoms. The number of aliphatic hydroxyl groups is 6. The van der Waals surface area contributed by atoms with Gasteiger partial charge in [0.15, 0.2) is 6.10 Å². The number of aliphatic hydroxyl groups excluding tert-OH is 6. The van der Waals surface area contributed by atoms with Crippen molar-refractivity contribution in [2.24, 2.45) is 5.92 Å². The molecular weight excluding hydrogens is 803 g/mol. The first kappa shape index (κ1) is 62.5. The summed E-state index contributed by atoms with van der Waals surface area (Å²) in [6, 6.07) is 0. The predicted molar refractivity (Wildman–Crippen MR) is 244 cm³/mol. The molecule has 0 saturated carbocycles. The molecule has 0 radical (unpaired) electrons. The summed E-state index contributed by atoms with van der Waals surface area (Å²) >= 11 is 0. The number of carbonyl (C=O) groups is 2. The molecule has 0 aromatic carbocycles. The van der Waals surface area contributed by atoms with Gasteiger partial charge >= 0.3 is 0 Å². The summed E-state index contributed by atoms with van der Waals surface area (Å²) in [5.74, 6) is -1.99. The molecule has 1 fully saturated rings. The van der Waals surface area contributed by atoms with Crippen LogP contribution in [0.25, 0.3) is 0 Å². The van der Waals surface area contributed by atoms with Gasteiger partial charge in [-0.25, -0.2) is 0 Å². The van der Waals surface area contributed by atoms with Crippen LogP contribution < -0.4 is 5.32 Å². The molecule has 1 saturated heterocycles. The van der Waals surface area contributed by atoms with Crippen LogP contribution in [0.5, 0.6) is 0 Å². The highest BCUT2D eigenvalue weighted by Gasteiger charge is 2.55. The molecule has 16 nitrogen and oxygen atoms in total. The van der Waals surface area contributed by atoms with Crippen molar-refractivity contribution in [3.8, 4) is 0 Å². The highest BCUT2D eigenvalue weighted by Crippen LogP contribution is 2.35. The highest BCUT2D eigenvalue weighted by atomic mass is 16.6. The first-order valence-electron chi connectivity index (χ1n) is 23.2. The van der Waals surface area contributed by atoms with Crippen LogP contribution in [0, 0.1) is 5.92 Å². The topological polar surface area (TPSA) is 220 Å². The van der Waals surface area contributed by atoms with Gasteiger partial charge in [-0.1, -0.05) is 40.5 Å². The molecule has 0 aromatic rings. The first-order valence-corrected chi connectivity index (χ1v) is 23.2. The Labute approximate surface area is 376 Å². The highest BCUT2D eigenvalue weighted by molar-refractivity contribution is 5.82. The molecule has 62 heavy (non-hydrogen) atoms. The van der Waals surface area contributed by atoms with E-state index in [1.165, 1.54) is 12.0 Å². The second-order valence-corrected chi connectivity index (χ2v) is 18.3. The maximum absolute atomic E-state index is 13.9. The molecule has 0 aliphatic carbocycles. The fourth-order valence-electron chi connectivity index (χ4n) is 7.28. The van der Waals surface area contributed by atoms with Crippen molar-refractivity contribution in [1.29, 1.82) is 0 Å². The second kappa shape index (κ2) is 30.6. The van der Waals surface area contributed by atoms with Crippen molar-refractivity contribution >= 4 is 11.8 Å². The Morgan fingerprint density at radius 1 is 0.823 bits per heavy atom. The van der Waals surface area contributed by atoms with Crippen LogP contribution in [0.4, 0.5) is 0 Å². The van der Waals surface area contributed by atoms with Crippen molar-refractivity contribution in [1.82, 2.24) is 15.1 Å². The zero-order chi connectivity index (χ0) is 48.6. The van der Waals surface area contributed by atoms with Gasteiger partial charge in [0, 0.05) is 40.4 Å². The average molecular weight is 898 g/mol. The predicted octanol–water partition coefficient (Wildman–Crippen LogP) is 3.68. The Hall–Kier alpha value is -1.54. The lowest BCUT2D eigenvalue weighted by Crippen LogP contribution is -2.67. The van der Waals surface area contributed by atoms with Gasteiger partial charge in [-0.15, -0.1) is 0 Å². The Morgan fingerprint density at radius 2 is 1.39 bits per heavy atom. The van der Waals surface area contributed by atoms with Gasteiger partial charge in [-0.05, 0) is 115 Å². The summed E-state index contributed by atoms with van der Waals surface area (Å²) in [6.07, 6.45) is -6.11. The van der Waals surface area contributed by atoms with Crippen molar-refractivity contribution in [3.63, 3.8) is 0 Å². The molecule has 2 amide bonds. The van der Waals surface area contributed by atoms with Crippen molar-refractivity contribution < 1.29 is 63.9 Å². The summed E-state index contributed by atoms with van der Waals surface area (Å²) in [7, 11) is 5.00. The summed E-state index contributed by atoms with van der Waals surface area (Å²) in [4.78, 5) is 30.8. The fourth-order valence-corrected chi connectivity index (χ4v) is 7.28. The van der Waals surface area contributed by atoms with E-state index in [4.69, 9.17) is 23.7 Å². The quantitative estimate of drug-likeness (QED) is 0.0558. The maximum Gasteiger partial charge on any atom is 0.254 e. The monoisotopic (exact) mass is 898 g/mol. The molecule has 0 aromatic heterocycles. The largest absolute Gasteiger partial charge is 0.396 e. The molecule has 7 N–H and O–H groups in total. The third kappa shape index (κ3) is 20.7. The van der Waals surface area contributed by atoms with E-state index in [9.17, 15) is 40.2 Å². The Bertz CT molecular complexity index is 1190. The van der Waals surface area contributed by atoms with Crippen LogP contribution >= 0.6 is 0 Å². The molecule has 0 bridgehead atoms. The number of methoxy groups -OCH3 is 1. The zero-order valence-electron chi connectivity index (χ0n) is 42.0. The number of carbonyl (C=O) groups excluding carboxylic acids is 2. The SMILES string of the molecule is CC.CC.CCN(CCCCO)C(=O)C1OC(C(C)(C)OCCC(C)(C)O[C@H](CO)C(O)C(O)C(C(=O)N(C)CCCCCCNC)C(C)(C)OC)C(O)C(O)[C@@H]1OC(C)(C)C. The lowest BCUT2D eigenvalue weighted by molar-refractivity contribution is -0.284. The minimum absolute atomic E-state index is 0.00485. The standard InChI is InChI=1S/C42H83N3O13.2C2H6/c1-14-45(24-19-20-25-46)38(53)35-34(58-39(2,3)4)32(50)33(51)36(56-35)42(9,10)55-26-21-40(5,6)57-28(27-47)30(48)31(49)29(41(7,8)54-13)37(52)44(12)23-18-16-15-17-22-43-11;2*1-2/h28-36,43,46-51H,14-27H2,1-13H3;2*1-2H3/t28-,29?,30?,31?,32?,33?,34+,35?,36?;;/m1../s1. The van der Waals surface area contributed by atoms with E-state index >= 15 is 0 Å². The van der Waals surface area contributed by atoms with Crippen LogP contribution in [-0.2, 0) is 33.3 Å². The Balaban J connectivity index is 0. The van der Waals surface area contributed by atoms with E-state index in [2.05, 4.69) is 5.32 Å². The van der Waals surface area contributed by atoms with Gasteiger partial charge < -0.3 is 69.4 Å². The molecule has 7 unspecified atom stereocenters. The molecule has 9 atom stereocenters. The normalized spacial score (nSPS) is 21.7. The number of hydrogen-bond donors (Lipinski definition) is 7. The van der Waals surface area contributed by atoms with Gasteiger partial charge in [-0.3, -0.25) is 9.59 Å². The van der Waals surface area contributed by atoms with Crippen LogP contribution in [0.1, 0.15) is 142 Å². The minimum atomic E-state index is -1.67. The third-order valence-corrected chi connectivity index (χ3v) is 11.0. The number of ether oxygens (including phenoxy) is 5. The van der Waals surface area contributed by atoms with E-state index in [0.717, 1.165) is 32.2 Å². The van der Waals surface area contributed by atoms with Gasteiger partial charge in [0.1, 0.15) is 36.6 Å². The fraction of sp³-hybridized carbons (Fsp3) is 0.957. The van der Waals surface area contributed by atoms with Crippen molar-refractivity contribution in [2.45, 2.75) is 213 Å². The summed E-state index contributed by atoms with van der Waals surface area (Å²) in [6.45, 7) is 26.8. The van der Waals surface area contributed by atoms with Gasteiger partial charge in [-0.2, -0.15) is 0 Å². The van der Waals surface area contributed by atoms with Crippen LogP contribution in [0.2, 0.25) is 0 Å². The Kier molecular flexibility index (Phi) is 30.9. The van der Waals surface area contributed by atoms with Crippen LogP contribution in [0.15, 0.2) is 0 Å². The lowest BCUT2D eigenvalue weighted by Gasteiger charge is -2.49. The molecular formula is C46H95N3O13. The van der Waals surface area contributed by atoms with E-state index in [1.54, 1.807) is 74.3 Å². The van der Waals surface area contributed by atoms with Crippen LogP contribution in [0.3, 0.4) is 0 Å². The number of hydrogen-bond acceptors (Lipinski definition) is 14. The number of amides is 2. The molecule has 1 heterocycles. The van der Waals surface area contributed by atoms with Gasteiger partial charge in [0.05, 0.1) is 47.6 Å². The van der Waals surface area contributed by atoms with E-state index in [0.29, 0.717) is 32.5 Å². The van der Waals surface area contributed by atoms with Gasteiger partial charge in [0.25, 0.3) is 5.91 Å². The molecule has 1 rings (SSSR count). The van der Waals surface area contributed by atoms with Crippen molar-refractivity contribution in [2.75, 3.05) is 67.2 Å². The summed E-state index contributed by atoms with van der Waals surface area (Å²) in [5, 5.41) is 68.5. The van der Waals surface area contributed by atoms with E-state index in [-0.39, 0.29) is 19.6 Å². The molecule has 1 aliphatic rings. The first-order chi connectivity index (χ1) is 28.9. The summed E-state index contributed by atoms with van der Waals surface area (Å²) in [5.41, 5.74) is -4.25. The lowest BCUT2D eigenvalue weighted by atomic mass is 9.81. The Morgan fingerprint density at radius 3 is 1.89 bits per heavy atom. The molecule has 1 aliphatic heterocycles. The van der Waals surface area contributed by atoms with E-state index in [1.807, 2.05) is 41.7 Å². The molecule has 0 spiro atoms. The number of unbranched alkanes of at least 4 members (excludes halogenated alkanes) is 4. The minimum Gasteiger partial charge on any atom is -0.396 e. The van der Waals surface area contributed by atoms with Crippen LogP contribution in [-0.4, -0.2) is 191 Å². The summed E-state index contributed by atoms with van der Waals surface area (Å²) < 4.78 is 30.5. The van der Waals surface area contributed by atoms with E-state index < -0.39 is 95.6 Å². The zero-order valence-corrected chi connectivity index (χ0v) is 42.0. The smallest absolute Gasteiger partial charge is 0.254 e. The average Bonchev–Trinajstić information content (AvgIpc) is 3.21. The number of nitrogens with one attached hydrogen (secondary N) is 1. The second-order valence-electron chi connectivity index (χ2n) is 18.3. The maximum atomic E-state index is 13.9. The van der Waals surface area contributed by atoms with Crippen molar-refractivity contribution in [3.05, 3.63) is 0 Å². The third-order valence-electron chi connectivity index (χ3n) is 11.0. The molecule has 372 valence electrons.